The first kappa shape index (κ1) is 21.6. The number of sulfonamides is 1. The Kier molecular flexibility index (Phi) is 6.29. The molecule has 1 heterocycles. The van der Waals surface area contributed by atoms with Gasteiger partial charge in [-0.05, 0) is 24.3 Å². The number of halogens is 1. The van der Waals surface area contributed by atoms with Gasteiger partial charge in [-0.25, -0.2) is 12.8 Å². The number of ether oxygens (including phenoxy) is 2. The average molecular weight is 439 g/mol. The summed E-state index contributed by atoms with van der Waals surface area (Å²) in [5, 5.41) is 13.1. The maximum absolute atomic E-state index is 14.0. The Hall–Kier alpha value is -3.09. The van der Waals surface area contributed by atoms with Gasteiger partial charge in [0.1, 0.15) is 11.6 Å². The Morgan fingerprint density at radius 2 is 1.93 bits per heavy atom. The molecule has 160 valence electrons. The fourth-order valence-electron chi connectivity index (χ4n) is 2.87. The van der Waals surface area contributed by atoms with Crippen LogP contribution in [0.5, 0.6) is 5.75 Å². The van der Waals surface area contributed by atoms with Crippen molar-refractivity contribution >= 4 is 27.3 Å². The van der Waals surface area contributed by atoms with Gasteiger partial charge in [-0.3, -0.25) is 14.9 Å². The van der Waals surface area contributed by atoms with Gasteiger partial charge in [0.25, 0.3) is 11.6 Å². The van der Waals surface area contributed by atoms with E-state index in [0.29, 0.717) is 0 Å². The van der Waals surface area contributed by atoms with Gasteiger partial charge in [-0.15, -0.1) is 0 Å². The number of nitro benzene ring substituents is 1. The van der Waals surface area contributed by atoms with Gasteiger partial charge < -0.3 is 14.8 Å². The molecule has 2 aromatic rings. The Morgan fingerprint density at radius 1 is 1.23 bits per heavy atom. The SMILES string of the molecule is COc1ccc(S(=O)(=O)N2CCOCC2)cc1C(=O)Nc1cc([N+](=O)[O-])ccc1F. The number of morpholine rings is 1. The molecule has 2 aromatic carbocycles. The predicted molar refractivity (Wildman–Crippen MR) is 104 cm³/mol. The van der Waals surface area contributed by atoms with Crippen LogP contribution in [-0.2, 0) is 14.8 Å². The lowest BCUT2D eigenvalue weighted by Crippen LogP contribution is -2.40. The zero-order valence-electron chi connectivity index (χ0n) is 15.8. The van der Waals surface area contributed by atoms with Crippen LogP contribution in [-0.4, -0.2) is 57.0 Å². The third-order valence-electron chi connectivity index (χ3n) is 4.43. The van der Waals surface area contributed by atoms with Crippen LogP contribution >= 0.6 is 0 Å². The quantitative estimate of drug-likeness (QED) is 0.539. The Balaban J connectivity index is 1.95. The van der Waals surface area contributed by atoms with E-state index in [-0.39, 0.29) is 42.5 Å². The number of anilines is 1. The first-order valence-electron chi connectivity index (χ1n) is 8.75. The van der Waals surface area contributed by atoms with Crippen LogP contribution < -0.4 is 10.1 Å². The van der Waals surface area contributed by atoms with E-state index in [2.05, 4.69) is 5.32 Å². The summed E-state index contributed by atoms with van der Waals surface area (Å²) in [4.78, 5) is 22.7. The molecule has 0 radical (unpaired) electrons. The maximum atomic E-state index is 14.0. The number of rotatable bonds is 6. The van der Waals surface area contributed by atoms with E-state index in [1.165, 1.54) is 23.5 Å². The number of nitrogens with zero attached hydrogens (tertiary/aromatic N) is 2. The second kappa shape index (κ2) is 8.73. The number of carbonyl (C=O) groups excluding carboxylic acids is 1. The summed E-state index contributed by atoms with van der Waals surface area (Å²) in [7, 11) is -2.60. The van der Waals surface area contributed by atoms with Crippen LogP contribution in [0, 0.1) is 15.9 Å². The number of nitro groups is 1. The van der Waals surface area contributed by atoms with Crippen molar-refractivity contribution in [2.24, 2.45) is 0 Å². The smallest absolute Gasteiger partial charge is 0.271 e. The molecule has 0 unspecified atom stereocenters. The molecule has 1 N–H and O–H groups in total. The second-order valence-electron chi connectivity index (χ2n) is 6.25. The Bertz CT molecular complexity index is 1090. The van der Waals surface area contributed by atoms with E-state index >= 15 is 0 Å². The highest BCUT2D eigenvalue weighted by Gasteiger charge is 2.28. The first-order chi connectivity index (χ1) is 14.2. The van der Waals surface area contributed by atoms with E-state index < -0.39 is 38.0 Å². The van der Waals surface area contributed by atoms with E-state index in [1.807, 2.05) is 0 Å². The fraction of sp³-hybridized carbons (Fsp3) is 0.278. The number of carbonyl (C=O) groups is 1. The topological polar surface area (TPSA) is 128 Å². The van der Waals surface area contributed by atoms with Crippen molar-refractivity contribution in [1.82, 2.24) is 4.31 Å². The van der Waals surface area contributed by atoms with Crippen molar-refractivity contribution in [3.8, 4) is 5.75 Å². The molecule has 0 saturated carbocycles. The van der Waals surface area contributed by atoms with Gasteiger partial charge in [0.15, 0.2) is 0 Å². The third kappa shape index (κ3) is 4.40. The van der Waals surface area contributed by atoms with Crippen molar-refractivity contribution in [3.63, 3.8) is 0 Å². The van der Waals surface area contributed by atoms with Crippen LogP contribution in [0.3, 0.4) is 0 Å². The number of hydrogen-bond acceptors (Lipinski definition) is 7. The highest BCUT2D eigenvalue weighted by Crippen LogP contribution is 2.27. The van der Waals surface area contributed by atoms with Gasteiger partial charge in [-0.1, -0.05) is 0 Å². The minimum atomic E-state index is -3.89. The number of hydrogen-bond donors (Lipinski definition) is 1. The highest BCUT2D eigenvalue weighted by atomic mass is 32.2. The van der Waals surface area contributed by atoms with Crippen LogP contribution in [0.2, 0.25) is 0 Å². The largest absolute Gasteiger partial charge is 0.496 e. The Labute approximate surface area is 171 Å². The number of methoxy groups -OCH3 is 1. The summed E-state index contributed by atoms with van der Waals surface area (Å²) >= 11 is 0. The molecule has 1 fully saturated rings. The van der Waals surface area contributed by atoms with Gasteiger partial charge in [0.05, 0.1) is 41.4 Å². The normalized spacial score (nSPS) is 14.9. The number of non-ortho nitro benzene ring substituents is 1. The number of amides is 1. The monoisotopic (exact) mass is 439 g/mol. The average Bonchev–Trinajstić information content (AvgIpc) is 2.75. The van der Waals surface area contributed by atoms with Crippen molar-refractivity contribution in [3.05, 3.63) is 57.9 Å². The molecule has 0 aromatic heterocycles. The van der Waals surface area contributed by atoms with E-state index in [1.54, 1.807) is 0 Å². The lowest BCUT2D eigenvalue weighted by atomic mass is 10.1. The minimum Gasteiger partial charge on any atom is -0.496 e. The molecular formula is C18H18FN3O7S. The summed E-state index contributed by atoms with van der Waals surface area (Å²) in [6.07, 6.45) is 0. The zero-order chi connectivity index (χ0) is 21.9. The molecule has 10 nitrogen and oxygen atoms in total. The highest BCUT2D eigenvalue weighted by molar-refractivity contribution is 7.89. The van der Waals surface area contributed by atoms with E-state index in [9.17, 15) is 27.7 Å². The molecule has 0 aliphatic carbocycles. The van der Waals surface area contributed by atoms with E-state index in [4.69, 9.17) is 9.47 Å². The van der Waals surface area contributed by atoms with Gasteiger partial charge in [-0.2, -0.15) is 4.31 Å². The number of benzene rings is 2. The summed E-state index contributed by atoms with van der Waals surface area (Å²) in [5.41, 5.74) is -1.00. The molecule has 1 amide bonds. The van der Waals surface area contributed by atoms with Crippen molar-refractivity contribution in [1.29, 1.82) is 0 Å². The van der Waals surface area contributed by atoms with Crippen molar-refractivity contribution < 1.29 is 32.0 Å². The lowest BCUT2D eigenvalue weighted by Gasteiger charge is -2.26. The van der Waals surface area contributed by atoms with E-state index in [0.717, 1.165) is 24.3 Å². The summed E-state index contributed by atoms with van der Waals surface area (Å²) < 4.78 is 51.2. The Morgan fingerprint density at radius 3 is 2.57 bits per heavy atom. The molecular weight excluding hydrogens is 421 g/mol. The van der Waals surface area contributed by atoms with Gasteiger partial charge >= 0.3 is 0 Å². The van der Waals surface area contributed by atoms with Gasteiger partial charge in [0.2, 0.25) is 10.0 Å². The summed E-state index contributed by atoms with van der Waals surface area (Å²) in [6.45, 7) is 0.868. The maximum Gasteiger partial charge on any atom is 0.271 e. The fourth-order valence-corrected chi connectivity index (χ4v) is 4.31. The van der Waals surface area contributed by atoms with Crippen LogP contribution in [0.15, 0.2) is 41.3 Å². The molecule has 0 bridgehead atoms. The molecule has 0 atom stereocenters. The van der Waals surface area contributed by atoms with Crippen molar-refractivity contribution in [2.75, 3.05) is 38.7 Å². The van der Waals surface area contributed by atoms with Crippen molar-refractivity contribution in [2.45, 2.75) is 4.90 Å². The molecule has 30 heavy (non-hydrogen) atoms. The molecule has 1 aliphatic rings. The first-order valence-corrected chi connectivity index (χ1v) is 10.2. The lowest BCUT2D eigenvalue weighted by molar-refractivity contribution is -0.384. The second-order valence-corrected chi connectivity index (χ2v) is 8.19. The predicted octanol–water partition coefficient (Wildman–Crippen LogP) is 2.02. The molecule has 0 spiro atoms. The minimum absolute atomic E-state index is 0.0549. The number of nitrogens with one attached hydrogen (secondary N) is 1. The van der Waals surface area contributed by atoms with Gasteiger partial charge in [0, 0.05) is 25.2 Å². The summed E-state index contributed by atoms with van der Waals surface area (Å²) in [6, 6.07) is 6.41. The molecule has 1 saturated heterocycles. The zero-order valence-corrected chi connectivity index (χ0v) is 16.6. The standard InChI is InChI=1S/C18H18FN3O7S/c1-28-17-5-3-13(30(26,27)21-6-8-29-9-7-21)11-14(17)18(23)20-16-10-12(22(24)25)2-4-15(16)19/h2-5,10-11H,6-9H2,1H3,(H,20,23). The molecule has 1 aliphatic heterocycles. The third-order valence-corrected chi connectivity index (χ3v) is 6.33. The van der Waals surface area contributed by atoms with Crippen LogP contribution in [0.4, 0.5) is 15.8 Å². The molecule has 12 heteroatoms. The van der Waals surface area contributed by atoms with Crippen LogP contribution in [0.1, 0.15) is 10.4 Å². The summed E-state index contributed by atoms with van der Waals surface area (Å²) in [5.74, 6) is -1.71. The van der Waals surface area contributed by atoms with Crippen LogP contribution in [0.25, 0.3) is 0 Å². The molecule has 3 rings (SSSR count).